The summed E-state index contributed by atoms with van der Waals surface area (Å²) in [4.78, 5) is 7.07. The minimum Gasteiger partial charge on any atom is -0.389 e. The van der Waals surface area contributed by atoms with Crippen LogP contribution in [0, 0.1) is 0 Å². The number of ether oxygens (including phenoxy) is 1. The summed E-state index contributed by atoms with van der Waals surface area (Å²) in [7, 11) is -2.26. The average molecular weight is 310 g/mol. The Hall–Kier alpha value is -0.800. The fourth-order valence-corrected chi connectivity index (χ4v) is 2.33. The molecule has 0 aromatic carbocycles. The Morgan fingerprint density at radius 3 is 2.58 bits per heavy atom. The maximum atomic E-state index is 11.9. The highest BCUT2D eigenvalue weighted by Crippen LogP contribution is 2.11. The molecule has 108 valence electrons. The van der Waals surface area contributed by atoms with Crippen molar-refractivity contribution in [3.05, 3.63) is 17.7 Å². The van der Waals surface area contributed by atoms with Gasteiger partial charge >= 0.3 is 0 Å². The van der Waals surface area contributed by atoms with E-state index >= 15 is 0 Å². The largest absolute Gasteiger partial charge is 0.389 e. The van der Waals surface area contributed by atoms with Gasteiger partial charge in [-0.15, -0.1) is 0 Å². The van der Waals surface area contributed by atoms with Crippen LogP contribution in [0.25, 0.3) is 0 Å². The maximum Gasteiger partial charge on any atom is 0.243 e. The molecule has 0 fully saturated rings. The van der Waals surface area contributed by atoms with Gasteiger partial charge in [-0.05, 0) is 18.5 Å². The number of aromatic nitrogens is 2. The minimum atomic E-state index is -3.77. The number of methoxy groups -OCH3 is 1. The molecule has 7 nitrogen and oxygen atoms in total. The molecule has 9 heteroatoms. The van der Waals surface area contributed by atoms with Crippen molar-refractivity contribution in [3.63, 3.8) is 0 Å². The summed E-state index contributed by atoms with van der Waals surface area (Å²) in [6.45, 7) is 1.72. The summed E-state index contributed by atoms with van der Waals surface area (Å²) >= 11 is 5.48. The summed E-state index contributed by atoms with van der Waals surface area (Å²) in [5.74, 6) is 0. The molecule has 1 atom stereocenters. The molecule has 0 aliphatic carbocycles. The topological polar surface area (TPSA) is 101 Å². The van der Waals surface area contributed by atoms with Crippen molar-refractivity contribution in [2.75, 3.05) is 20.3 Å². The van der Waals surface area contributed by atoms with Crippen LogP contribution in [-0.4, -0.2) is 49.4 Å². The number of sulfonamides is 1. The van der Waals surface area contributed by atoms with Gasteiger partial charge in [0.05, 0.1) is 18.0 Å². The van der Waals surface area contributed by atoms with Crippen LogP contribution in [-0.2, 0) is 14.8 Å². The number of nitrogens with one attached hydrogen (secondary N) is 1. The van der Waals surface area contributed by atoms with Crippen molar-refractivity contribution in [1.82, 2.24) is 14.7 Å². The molecule has 0 saturated heterocycles. The second-order valence-electron chi connectivity index (χ2n) is 4.25. The quantitative estimate of drug-likeness (QED) is 0.698. The van der Waals surface area contributed by atoms with E-state index in [-0.39, 0.29) is 16.7 Å². The molecule has 1 aromatic heterocycles. The summed E-state index contributed by atoms with van der Waals surface area (Å²) in [6.07, 6.45) is 2.51. The Labute approximate surface area is 117 Å². The van der Waals surface area contributed by atoms with Crippen LogP contribution in [0.3, 0.4) is 0 Å². The summed E-state index contributed by atoms with van der Waals surface area (Å²) in [6, 6.07) is 0. The molecular weight excluding hydrogens is 294 g/mol. The highest BCUT2D eigenvalue weighted by molar-refractivity contribution is 7.89. The van der Waals surface area contributed by atoms with Crippen molar-refractivity contribution in [2.45, 2.75) is 23.8 Å². The SMILES string of the molecule is COCCC(C)(O)CNS(=O)(=O)c1cnc(Cl)nc1. The molecule has 19 heavy (non-hydrogen) atoms. The van der Waals surface area contributed by atoms with Crippen LogP contribution in [0.5, 0.6) is 0 Å². The van der Waals surface area contributed by atoms with Crippen LogP contribution in [0.15, 0.2) is 17.3 Å². The van der Waals surface area contributed by atoms with E-state index in [1.165, 1.54) is 14.0 Å². The van der Waals surface area contributed by atoms with Crippen molar-refractivity contribution in [3.8, 4) is 0 Å². The van der Waals surface area contributed by atoms with Gasteiger partial charge in [-0.2, -0.15) is 0 Å². The van der Waals surface area contributed by atoms with Crippen molar-refractivity contribution >= 4 is 21.6 Å². The van der Waals surface area contributed by atoms with Gasteiger partial charge in [0.25, 0.3) is 0 Å². The lowest BCUT2D eigenvalue weighted by Gasteiger charge is -2.23. The fraction of sp³-hybridized carbons (Fsp3) is 0.600. The number of hydrogen-bond acceptors (Lipinski definition) is 6. The molecule has 0 saturated carbocycles. The molecule has 0 amide bonds. The predicted molar refractivity (Wildman–Crippen MR) is 69.3 cm³/mol. The highest BCUT2D eigenvalue weighted by atomic mass is 35.5. The number of aliphatic hydroxyl groups is 1. The smallest absolute Gasteiger partial charge is 0.243 e. The minimum absolute atomic E-state index is 0.0361. The van der Waals surface area contributed by atoms with E-state index in [0.717, 1.165) is 12.4 Å². The summed E-state index contributed by atoms with van der Waals surface area (Å²) < 4.78 is 30.9. The van der Waals surface area contributed by atoms with Crippen LogP contribution in [0.1, 0.15) is 13.3 Å². The number of rotatable bonds is 7. The molecule has 0 aliphatic rings. The van der Waals surface area contributed by atoms with Gasteiger partial charge in [0, 0.05) is 26.7 Å². The van der Waals surface area contributed by atoms with Gasteiger partial charge in [-0.25, -0.2) is 23.1 Å². The van der Waals surface area contributed by atoms with Crippen molar-refractivity contribution in [1.29, 1.82) is 0 Å². The van der Waals surface area contributed by atoms with E-state index in [4.69, 9.17) is 16.3 Å². The molecule has 1 unspecified atom stereocenters. The predicted octanol–water partition coefficient (Wildman–Crippen LogP) is 0.196. The molecule has 0 spiro atoms. The zero-order chi connectivity index (χ0) is 14.5. The first kappa shape index (κ1) is 16.3. The van der Waals surface area contributed by atoms with E-state index in [9.17, 15) is 13.5 Å². The molecule has 1 heterocycles. The van der Waals surface area contributed by atoms with E-state index in [1.807, 2.05) is 0 Å². The van der Waals surface area contributed by atoms with Gasteiger partial charge in [0.15, 0.2) is 0 Å². The van der Waals surface area contributed by atoms with Gasteiger partial charge in [0.2, 0.25) is 15.3 Å². The third kappa shape index (κ3) is 5.37. The lowest BCUT2D eigenvalue weighted by Crippen LogP contribution is -2.41. The zero-order valence-electron chi connectivity index (χ0n) is 10.6. The number of nitrogens with zero attached hydrogens (tertiary/aromatic N) is 2. The summed E-state index contributed by atoms with van der Waals surface area (Å²) in [5, 5.41) is 9.90. The average Bonchev–Trinajstić information content (AvgIpc) is 2.35. The van der Waals surface area contributed by atoms with E-state index < -0.39 is 15.6 Å². The standard InChI is InChI=1S/C10H16ClN3O4S/c1-10(15,3-4-18-2)7-14-19(16,17)8-5-12-9(11)13-6-8/h5-6,14-15H,3-4,7H2,1-2H3. The first-order chi connectivity index (χ1) is 8.77. The second kappa shape index (κ2) is 6.58. The third-order valence-electron chi connectivity index (χ3n) is 2.39. The third-order valence-corrected chi connectivity index (χ3v) is 3.95. The van der Waals surface area contributed by atoms with Crippen molar-refractivity contribution < 1.29 is 18.3 Å². The van der Waals surface area contributed by atoms with Crippen molar-refractivity contribution in [2.24, 2.45) is 0 Å². The highest BCUT2D eigenvalue weighted by Gasteiger charge is 2.24. The van der Waals surface area contributed by atoms with Crippen LogP contribution in [0.2, 0.25) is 5.28 Å². The molecule has 0 bridgehead atoms. The van der Waals surface area contributed by atoms with E-state index in [0.29, 0.717) is 13.0 Å². The Kier molecular flexibility index (Phi) is 5.63. The van der Waals surface area contributed by atoms with E-state index in [2.05, 4.69) is 14.7 Å². The summed E-state index contributed by atoms with van der Waals surface area (Å²) in [5.41, 5.74) is -1.20. The van der Waals surface area contributed by atoms with Gasteiger partial charge in [0.1, 0.15) is 4.90 Å². The molecule has 2 N–H and O–H groups in total. The number of halogens is 1. The fourth-order valence-electron chi connectivity index (χ4n) is 1.18. The maximum absolute atomic E-state index is 11.9. The Bertz CT molecular complexity index is 504. The van der Waals surface area contributed by atoms with Crippen LogP contribution < -0.4 is 4.72 Å². The monoisotopic (exact) mass is 309 g/mol. The molecule has 0 aliphatic heterocycles. The van der Waals surface area contributed by atoms with Gasteiger partial charge in [-0.3, -0.25) is 0 Å². The normalized spacial score (nSPS) is 15.2. The lowest BCUT2D eigenvalue weighted by molar-refractivity contribution is 0.0292. The first-order valence-electron chi connectivity index (χ1n) is 5.45. The lowest BCUT2D eigenvalue weighted by atomic mass is 10.0. The molecular formula is C10H16ClN3O4S. The van der Waals surface area contributed by atoms with Crippen LogP contribution in [0.4, 0.5) is 0 Å². The van der Waals surface area contributed by atoms with E-state index in [1.54, 1.807) is 0 Å². The molecule has 1 rings (SSSR count). The Morgan fingerprint density at radius 1 is 1.47 bits per heavy atom. The zero-order valence-corrected chi connectivity index (χ0v) is 12.2. The van der Waals surface area contributed by atoms with Gasteiger partial charge in [-0.1, -0.05) is 0 Å². The van der Waals surface area contributed by atoms with Gasteiger partial charge < -0.3 is 9.84 Å². The van der Waals surface area contributed by atoms with Crippen LogP contribution >= 0.6 is 11.6 Å². The molecule has 1 aromatic rings. The molecule has 0 radical (unpaired) electrons. The first-order valence-corrected chi connectivity index (χ1v) is 7.31. The second-order valence-corrected chi connectivity index (χ2v) is 6.36. The Morgan fingerprint density at radius 2 is 2.05 bits per heavy atom. The Balaban J connectivity index is 2.68. The number of hydrogen-bond donors (Lipinski definition) is 2.